The molecule has 0 aliphatic heterocycles. The molecule has 3 aromatic rings. The molecule has 1 aromatic carbocycles. The second kappa shape index (κ2) is 9.53. The molecule has 0 bridgehead atoms. The van der Waals surface area contributed by atoms with Crippen LogP contribution in [0.5, 0.6) is 0 Å². The summed E-state index contributed by atoms with van der Waals surface area (Å²) in [4.78, 5) is 16.8. The van der Waals surface area contributed by atoms with Crippen LogP contribution in [0.1, 0.15) is 34.3 Å². The molecule has 8 nitrogen and oxygen atoms in total. The minimum Gasteiger partial charge on any atom is -0.437 e. The molecule has 3 rings (SSSR count). The Morgan fingerprint density at radius 1 is 1.26 bits per heavy atom. The summed E-state index contributed by atoms with van der Waals surface area (Å²) in [5.74, 6) is -0.0912. The highest BCUT2D eigenvalue weighted by Crippen LogP contribution is 2.36. The molecule has 0 saturated heterocycles. The number of pyridine rings is 1. The van der Waals surface area contributed by atoms with Crippen LogP contribution in [-0.2, 0) is 14.5 Å². The SMILES string of the molecule is Cc1ccc(-c2oc3nc(N(CCCCO)S(C)(=O)=O)c(CI)cc3c2C(N)=O)cc1. The van der Waals surface area contributed by atoms with Gasteiger partial charge in [-0.2, -0.15) is 4.98 Å². The van der Waals surface area contributed by atoms with Gasteiger partial charge in [0, 0.05) is 28.7 Å². The Morgan fingerprint density at radius 2 is 1.94 bits per heavy atom. The van der Waals surface area contributed by atoms with Crippen molar-refractivity contribution in [3.05, 3.63) is 47.0 Å². The third-order valence-corrected chi connectivity index (χ3v) is 6.83. The number of aromatic nitrogens is 1. The molecule has 2 aromatic heterocycles. The highest BCUT2D eigenvalue weighted by Gasteiger charge is 2.27. The maximum absolute atomic E-state index is 12.5. The number of carbonyl (C=O) groups is 1. The maximum Gasteiger partial charge on any atom is 0.253 e. The van der Waals surface area contributed by atoms with Crippen LogP contribution in [-0.4, -0.2) is 43.8 Å². The van der Waals surface area contributed by atoms with E-state index in [-0.39, 0.29) is 30.2 Å². The van der Waals surface area contributed by atoms with E-state index in [1.54, 1.807) is 6.07 Å². The molecule has 10 heteroatoms. The fourth-order valence-corrected chi connectivity index (χ4v) is 4.81. The van der Waals surface area contributed by atoms with Gasteiger partial charge in [0.1, 0.15) is 11.6 Å². The van der Waals surface area contributed by atoms with Crippen molar-refractivity contribution in [3.8, 4) is 11.3 Å². The first kappa shape index (κ1) is 23.5. The first-order valence-corrected chi connectivity index (χ1v) is 13.0. The molecule has 166 valence electrons. The quantitative estimate of drug-likeness (QED) is 0.236. The van der Waals surface area contributed by atoms with Crippen molar-refractivity contribution in [1.29, 1.82) is 0 Å². The van der Waals surface area contributed by atoms with Crippen molar-refractivity contribution in [2.24, 2.45) is 5.73 Å². The van der Waals surface area contributed by atoms with Crippen LogP contribution in [0, 0.1) is 6.92 Å². The number of aliphatic hydroxyl groups excluding tert-OH is 1. The summed E-state index contributed by atoms with van der Waals surface area (Å²) < 4.78 is 32.6. The second-order valence-electron chi connectivity index (χ2n) is 7.26. The number of aliphatic hydroxyl groups is 1. The largest absolute Gasteiger partial charge is 0.437 e. The molecule has 0 saturated carbocycles. The predicted octanol–water partition coefficient (Wildman–Crippen LogP) is 3.38. The van der Waals surface area contributed by atoms with Crippen molar-refractivity contribution < 1.29 is 22.7 Å². The molecule has 3 N–H and O–H groups in total. The van der Waals surface area contributed by atoms with Crippen molar-refractivity contribution in [2.75, 3.05) is 23.7 Å². The van der Waals surface area contributed by atoms with Gasteiger partial charge in [-0.3, -0.25) is 9.10 Å². The monoisotopic (exact) mass is 557 g/mol. The number of aryl methyl sites for hydroxylation is 1. The molecule has 0 fully saturated rings. The zero-order chi connectivity index (χ0) is 22.8. The van der Waals surface area contributed by atoms with E-state index in [1.807, 2.05) is 31.2 Å². The van der Waals surface area contributed by atoms with Crippen LogP contribution in [0.25, 0.3) is 22.4 Å². The summed E-state index contributed by atoms with van der Waals surface area (Å²) >= 11 is 2.12. The van der Waals surface area contributed by atoms with Crippen LogP contribution in [0.15, 0.2) is 34.7 Å². The molecular weight excluding hydrogens is 533 g/mol. The fraction of sp³-hybridized carbons (Fsp3) is 0.333. The molecule has 1 amide bonds. The van der Waals surface area contributed by atoms with Gasteiger partial charge in [0.25, 0.3) is 5.91 Å². The molecule has 0 atom stereocenters. The summed E-state index contributed by atoms with van der Waals surface area (Å²) in [6, 6.07) is 9.17. The van der Waals surface area contributed by atoms with Gasteiger partial charge in [-0.1, -0.05) is 52.4 Å². The number of nitrogens with two attached hydrogens (primary N) is 1. The van der Waals surface area contributed by atoms with E-state index in [9.17, 15) is 13.2 Å². The number of carbonyl (C=O) groups excluding carboxylic acids is 1. The number of nitrogens with zero attached hydrogens (tertiary/aromatic N) is 2. The number of sulfonamides is 1. The number of anilines is 1. The molecule has 0 spiro atoms. The van der Waals surface area contributed by atoms with Crippen molar-refractivity contribution >= 4 is 55.4 Å². The van der Waals surface area contributed by atoms with E-state index in [1.165, 1.54) is 4.31 Å². The van der Waals surface area contributed by atoms with Crippen LogP contribution in [0.2, 0.25) is 0 Å². The number of hydrogen-bond acceptors (Lipinski definition) is 6. The van der Waals surface area contributed by atoms with Crippen LogP contribution in [0.3, 0.4) is 0 Å². The molecule has 0 radical (unpaired) electrons. The van der Waals surface area contributed by atoms with E-state index in [0.29, 0.717) is 39.5 Å². The number of hydrogen-bond donors (Lipinski definition) is 2. The Labute approximate surface area is 194 Å². The molecule has 2 heterocycles. The van der Waals surface area contributed by atoms with E-state index >= 15 is 0 Å². The number of unbranched alkanes of at least 4 members (excludes halogenated alkanes) is 1. The fourth-order valence-electron chi connectivity index (χ4n) is 3.32. The lowest BCUT2D eigenvalue weighted by atomic mass is 10.0. The van der Waals surface area contributed by atoms with E-state index in [2.05, 4.69) is 27.6 Å². The predicted molar refractivity (Wildman–Crippen MR) is 129 cm³/mol. The van der Waals surface area contributed by atoms with Gasteiger partial charge in [-0.25, -0.2) is 8.42 Å². The number of amides is 1. The lowest BCUT2D eigenvalue weighted by Gasteiger charge is -2.23. The smallest absolute Gasteiger partial charge is 0.253 e. The summed E-state index contributed by atoms with van der Waals surface area (Å²) in [5.41, 5.74) is 8.41. The minimum atomic E-state index is -3.62. The molecule has 31 heavy (non-hydrogen) atoms. The number of furan rings is 1. The van der Waals surface area contributed by atoms with Crippen molar-refractivity contribution in [1.82, 2.24) is 4.98 Å². The molecule has 0 aliphatic rings. The van der Waals surface area contributed by atoms with E-state index < -0.39 is 15.9 Å². The van der Waals surface area contributed by atoms with Gasteiger partial charge in [-0.05, 0) is 25.8 Å². The standard InChI is InChI=1S/C21H24IN3O5S/c1-13-5-7-14(8-6-13)18-17(19(23)27)16-11-15(12-22)20(24-21(16)30-18)25(31(2,28)29)9-3-4-10-26/h5-8,11,26H,3-4,9-10,12H2,1-2H3,(H2,23,27). The number of alkyl halides is 1. The van der Waals surface area contributed by atoms with Crippen LogP contribution >= 0.6 is 22.6 Å². The number of fused-ring (bicyclic) bond motifs is 1. The lowest BCUT2D eigenvalue weighted by Crippen LogP contribution is -2.32. The van der Waals surface area contributed by atoms with Crippen LogP contribution in [0.4, 0.5) is 5.82 Å². The van der Waals surface area contributed by atoms with Crippen molar-refractivity contribution in [2.45, 2.75) is 24.2 Å². The van der Waals surface area contributed by atoms with Gasteiger partial charge in [-0.15, -0.1) is 0 Å². The molecular formula is C21H24IN3O5S. The topological polar surface area (TPSA) is 127 Å². The van der Waals surface area contributed by atoms with Crippen molar-refractivity contribution in [3.63, 3.8) is 0 Å². The Morgan fingerprint density at radius 3 is 2.48 bits per heavy atom. The Balaban J connectivity index is 2.23. The summed E-state index contributed by atoms with van der Waals surface area (Å²) in [6.45, 7) is 2.10. The van der Waals surface area contributed by atoms with E-state index in [0.717, 1.165) is 11.8 Å². The van der Waals surface area contributed by atoms with Gasteiger partial charge < -0.3 is 15.3 Å². The average Bonchev–Trinajstić information content (AvgIpc) is 3.08. The average molecular weight is 557 g/mol. The minimum absolute atomic E-state index is 0.0245. The number of rotatable bonds is 9. The summed E-state index contributed by atoms with van der Waals surface area (Å²) in [6.07, 6.45) is 2.06. The van der Waals surface area contributed by atoms with Gasteiger partial charge in [0.05, 0.1) is 17.2 Å². The molecule has 0 aliphatic carbocycles. The third-order valence-electron chi connectivity index (χ3n) is 4.85. The Kier molecular flexibility index (Phi) is 7.22. The lowest BCUT2D eigenvalue weighted by molar-refractivity contribution is 0.100. The zero-order valence-electron chi connectivity index (χ0n) is 17.3. The second-order valence-corrected chi connectivity index (χ2v) is 9.93. The summed E-state index contributed by atoms with van der Waals surface area (Å²) in [7, 11) is -3.62. The third kappa shape index (κ3) is 5.01. The maximum atomic E-state index is 12.5. The highest BCUT2D eigenvalue weighted by atomic mass is 127. The summed E-state index contributed by atoms with van der Waals surface area (Å²) in [5, 5.41) is 9.51. The molecule has 0 unspecified atom stereocenters. The number of halogens is 1. The first-order valence-electron chi connectivity index (χ1n) is 9.65. The van der Waals surface area contributed by atoms with Gasteiger partial charge in [0.15, 0.2) is 0 Å². The van der Waals surface area contributed by atoms with Gasteiger partial charge >= 0.3 is 0 Å². The number of benzene rings is 1. The van der Waals surface area contributed by atoms with Crippen LogP contribution < -0.4 is 10.0 Å². The number of primary amides is 1. The normalized spacial score (nSPS) is 11.7. The zero-order valence-corrected chi connectivity index (χ0v) is 20.2. The van der Waals surface area contributed by atoms with E-state index in [4.69, 9.17) is 15.3 Å². The highest BCUT2D eigenvalue weighted by molar-refractivity contribution is 14.1. The van der Waals surface area contributed by atoms with Gasteiger partial charge in [0.2, 0.25) is 15.7 Å². The Hall–Kier alpha value is -2.18. The Bertz CT molecular complexity index is 1210. The first-order chi connectivity index (χ1) is 14.7.